The van der Waals surface area contributed by atoms with Crippen molar-refractivity contribution in [2.24, 2.45) is 34.5 Å². The molecular weight excluding hydrogens is 650 g/mol. The Morgan fingerprint density at radius 1 is 0.857 bits per heavy atom. The van der Waals surface area contributed by atoms with Gasteiger partial charge in [-0.15, -0.1) is 0 Å². The number of imide groups is 1. The Morgan fingerprint density at radius 3 is 2.05 bits per heavy atom. The molecule has 7 unspecified atom stereocenters. The molecule has 0 aromatic heterocycles. The lowest BCUT2D eigenvalue weighted by molar-refractivity contribution is -0.141. The second kappa shape index (κ2) is 17.7. The molecular formula is C37H61Br2NO2. The van der Waals surface area contributed by atoms with Gasteiger partial charge in [0, 0.05) is 16.7 Å². The highest BCUT2D eigenvalue weighted by Crippen LogP contribution is 2.57. The van der Waals surface area contributed by atoms with Crippen molar-refractivity contribution in [1.29, 1.82) is 0 Å². The van der Waals surface area contributed by atoms with Crippen molar-refractivity contribution in [3.8, 4) is 0 Å². The maximum Gasteiger partial charge on any atom is 0.233 e. The molecule has 42 heavy (non-hydrogen) atoms. The molecule has 0 radical (unpaired) electrons. The van der Waals surface area contributed by atoms with E-state index in [1.165, 1.54) is 24.8 Å². The predicted molar refractivity (Wildman–Crippen MR) is 187 cm³/mol. The number of nitrogens with zero attached hydrogens (tertiary/aromatic N) is 1. The molecule has 1 aliphatic rings. The second-order valence-electron chi connectivity index (χ2n) is 14.3. The van der Waals surface area contributed by atoms with Gasteiger partial charge in [0.2, 0.25) is 11.8 Å². The zero-order valence-corrected chi connectivity index (χ0v) is 31.2. The summed E-state index contributed by atoms with van der Waals surface area (Å²) in [4.78, 5) is 30.6. The SMILES string of the molecule is CCCCC(C)C1C(=O)N(CC(Br)CBr)C(=O)C1C(C)(CCC)C(CCC)C(CC(C)(C)CCCC)c1ccccc1. The summed E-state index contributed by atoms with van der Waals surface area (Å²) >= 11 is 7.27. The van der Waals surface area contributed by atoms with Gasteiger partial charge in [-0.25, -0.2) is 0 Å². The largest absolute Gasteiger partial charge is 0.281 e. The number of hydrogen-bond donors (Lipinski definition) is 0. The number of alkyl halides is 2. The Balaban J connectivity index is 2.74. The van der Waals surface area contributed by atoms with E-state index < -0.39 is 0 Å². The molecule has 1 saturated heterocycles. The van der Waals surface area contributed by atoms with Crippen LogP contribution in [0.4, 0.5) is 0 Å². The van der Waals surface area contributed by atoms with E-state index in [0.29, 0.717) is 23.7 Å². The van der Waals surface area contributed by atoms with E-state index in [1.54, 1.807) is 4.90 Å². The molecule has 2 rings (SSSR count). The van der Waals surface area contributed by atoms with E-state index in [0.717, 1.165) is 51.4 Å². The number of amides is 2. The van der Waals surface area contributed by atoms with Crippen molar-refractivity contribution in [1.82, 2.24) is 4.90 Å². The van der Waals surface area contributed by atoms with Crippen LogP contribution in [0, 0.1) is 34.5 Å². The van der Waals surface area contributed by atoms with Gasteiger partial charge in [0.05, 0.1) is 11.8 Å². The van der Waals surface area contributed by atoms with Gasteiger partial charge in [0.15, 0.2) is 0 Å². The molecule has 0 saturated carbocycles. The Labute approximate surface area is 276 Å². The smallest absolute Gasteiger partial charge is 0.233 e. The maximum absolute atomic E-state index is 14.6. The molecule has 3 nitrogen and oxygen atoms in total. The molecule has 1 fully saturated rings. The fourth-order valence-electron chi connectivity index (χ4n) is 8.11. The number of carbonyl (C=O) groups is 2. The lowest BCUT2D eigenvalue weighted by Crippen LogP contribution is -2.46. The number of unbranched alkanes of at least 4 members (excludes halogenated alkanes) is 2. The molecule has 2 amide bonds. The summed E-state index contributed by atoms with van der Waals surface area (Å²) in [5.74, 6) is 0.439. The van der Waals surface area contributed by atoms with Gasteiger partial charge in [-0.05, 0) is 66.3 Å². The van der Waals surface area contributed by atoms with Crippen LogP contribution >= 0.6 is 31.9 Å². The van der Waals surface area contributed by atoms with Gasteiger partial charge in [0.25, 0.3) is 0 Å². The first kappa shape index (κ1) is 37.5. The number of benzene rings is 1. The first-order chi connectivity index (χ1) is 19.9. The third kappa shape index (κ3) is 9.41. The molecule has 0 bridgehead atoms. The highest BCUT2D eigenvalue weighted by Gasteiger charge is 2.59. The molecule has 7 atom stereocenters. The van der Waals surface area contributed by atoms with Crippen LogP contribution in [0.2, 0.25) is 0 Å². The molecule has 1 aromatic rings. The van der Waals surface area contributed by atoms with Crippen LogP contribution in [0.1, 0.15) is 138 Å². The quantitative estimate of drug-likeness (QED) is 0.0998. The molecule has 1 aliphatic heterocycles. The van der Waals surface area contributed by atoms with Crippen LogP contribution in [0.25, 0.3) is 0 Å². The third-order valence-corrected chi connectivity index (χ3v) is 12.5. The summed E-state index contributed by atoms with van der Waals surface area (Å²) in [5, 5.41) is 0.707. The first-order valence-corrected chi connectivity index (χ1v) is 19.1. The van der Waals surface area contributed by atoms with Gasteiger partial charge in [-0.3, -0.25) is 14.5 Å². The van der Waals surface area contributed by atoms with Gasteiger partial charge >= 0.3 is 0 Å². The zero-order chi connectivity index (χ0) is 31.5. The van der Waals surface area contributed by atoms with Gasteiger partial charge in [-0.2, -0.15) is 0 Å². The van der Waals surface area contributed by atoms with Crippen molar-refractivity contribution >= 4 is 43.7 Å². The van der Waals surface area contributed by atoms with Crippen molar-refractivity contribution in [2.75, 3.05) is 11.9 Å². The molecule has 5 heteroatoms. The number of carbonyl (C=O) groups excluding carboxylic acids is 2. The second-order valence-corrected chi connectivity index (χ2v) is 16.2. The van der Waals surface area contributed by atoms with Crippen LogP contribution < -0.4 is 0 Å². The Kier molecular flexibility index (Phi) is 15.8. The molecule has 1 heterocycles. The van der Waals surface area contributed by atoms with Gasteiger partial charge in [0.1, 0.15) is 0 Å². The van der Waals surface area contributed by atoms with Crippen molar-refractivity contribution in [3.63, 3.8) is 0 Å². The zero-order valence-electron chi connectivity index (χ0n) is 28.1. The highest BCUT2D eigenvalue weighted by molar-refractivity contribution is 9.12. The van der Waals surface area contributed by atoms with Crippen molar-refractivity contribution < 1.29 is 9.59 Å². The molecule has 0 aliphatic carbocycles. The van der Waals surface area contributed by atoms with E-state index >= 15 is 0 Å². The summed E-state index contributed by atoms with van der Waals surface area (Å²) in [6, 6.07) is 11.1. The van der Waals surface area contributed by atoms with Gasteiger partial charge in [-0.1, -0.05) is 156 Å². The Morgan fingerprint density at radius 2 is 1.50 bits per heavy atom. The van der Waals surface area contributed by atoms with Crippen molar-refractivity contribution in [2.45, 2.75) is 137 Å². The molecule has 240 valence electrons. The number of halogens is 2. The average Bonchev–Trinajstić information content (AvgIpc) is 3.22. The number of likely N-dealkylation sites (tertiary alicyclic amines) is 1. The summed E-state index contributed by atoms with van der Waals surface area (Å²) < 4.78 is 0. The highest BCUT2D eigenvalue weighted by atomic mass is 79.9. The fourth-order valence-corrected chi connectivity index (χ4v) is 8.60. The minimum absolute atomic E-state index is 0.0519. The Bertz CT molecular complexity index is 950. The predicted octanol–water partition coefficient (Wildman–Crippen LogP) is 11.2. The Hall–Kier alpha value is -0.680. The van der Waals surface area contributed by atoms with Crippen LogP contribution in [0.15, 0.2) is 30.3 Å². The van der Waals surface area contributed by atoms with Crippen LogP contribution in [0.3, 0.4) is 0 Å². The van der Waals surface area contributed by atoms with E-state index in [1.807, 2.05) is 0 Å². The lowest BCUT2D eigenvalue weighted by Gasteiger charge is -2.49. The normalized spacial score (nSPS) is 22.2. The minimum atomic E-state index is -0.284. The van der Waals surface area contributed by atoms with E-state index in [2.05, 4.69) is 118 Å². The molecule has 1 aromatic carbocycles. The van der Waals surface area contributed by atoms with Gasteiger partial charge < -0.3 is 0 Å². The third-order valence-electron chi connectivity index (χ3n) is 10.3. The van der Waals surface area contributed by atoms with Crippen LogP contribution in [0.5, 0.6) is 0 Å². The fraction of sp³-hybridized carbons (Fsp3) is 0.784. The number of rotatable bonds is 20. The van der Waals surface area contributed by atoms with Crippen LogP contribution in [-0.2, 0) is 9.59 Å². The average molecular weight is 712 g/mol. The van der Waals surface area contributed by atoms with Crippen LogP contribution in [-0.4, -0.2) is 33.4 Å². The minimum Gasteiger partial charge on any atom is -0.281 e. The maximum atomic E-state index is 14.6. The molecule has 0 N–H and O–H groups in total. The van der Waals surface area contributed by atoms with E-state index in [-0.39, 0.29) is 45.2 Å². The monoisotopic (exact) mass is 709 g/mol. The summed E-state index contributed by atoms with van der Waals surface area (Å²) in [6.07, 6.45) is 12.1. The molecule has 0 spiro atoms. The lowest BCUT2D eigenvalue weighted by atomic mass is 9.54. The first-order valence-electron chi connectivity index (χ1n) is 17.0. The van der Waals surface area contributed by atoms with E-state index in [9.17, 15) is 9.59 Å². The summed E-state index contributed by atoms with van der Waals surface area (Å²) in [7, 11) is 0. The summed E-state index contributed by atoms with van der Waals surface area (Å²) in [6.45, 7) is 19.0. The standard InChI is InChI=1S/C37H61Br2NO2/c1-9-13-19-27(5)32-33(35(42)40(34(32)41)26-29(39)25-38)37(8,22-12-4)31(18-11-3)30(28-20-16-15-17-21-28)24-36(6,7)23-14-10-2/h15-17,20-21,27,29-33H,9-14,18-19,22-26H2,1-8H3. The van der Waals surface area contributed by atoms with E-state index in [4.69, 9.17) is 0 Å². The summed E-state index contributed by atoms with van der Waals surface area (Å²) in [5.41, 5.74) is 1.31. The van der Waals surface area contributed by atoms with Crippen molar-refractivity contribution in [3.05, 3.63) is 35.9 Å². The topological polar surface area (TPSA) is 37.4 Å². The number of hydrogen-bond acceptors (Lipinski definition) is 2.